The fourth-order valence-electron chi connectivity index (χ4n) is 11.2. The molecule has 0 aliphatic carbocycles. The van der Waals surface area contributed by atoms with Crippen molar-refractivity contribution in [3.8, 4) is 0 Å². The lowest BCUT2D eigenvalue weighted by atomic mass is 10.0. The summed E-state index contributed by atoms with van der Waals surface area (Å²) in [4.78, 5) is 72.2. The SMILES string of the molecule is CCCCCCCCCCCCCCCCCCCCCCCCC(=O)O[C@H](COC(=O)CCCCCCCCCCCCCCCCCC(C)C)COP(=O)(O)OC[C@@H](O)COP(=O)(O)OC[C@@H](COC(=O)CCCCCCC)OC(=O)CCCCCCCCC. The zero-order chi connectivity index (χ0) is 67.7. The van der Waals surface area contributed by atoms with Crippen LogP contribution in [0, 0.1) is 5.92 Å². The highest BCUT2D eigenvalue weighted by molar-refractivity contribution is 7.47. The number of phosphoric ester groups is 2. The Kier molecular flexibility index (Phi) is 64.9. The molecule has 5 atom stereocenters. The second kappa shape index (κ2) is 66.3. The Morgan fingerprint density at radius 2 is 0.500 bits per heavy atom. The lowest BCUT2D eigenvalue weighted by Crippen LogP contribution is -2.30. The van der Waals surface area contributed by atoms with Gasteiger partial charge in [-0.2, -0.15) is 0 Å². The van der Waals surface area contributed by atoms with Crippen LogP contribution in [0.15, 0.2) is 0 Å². The monoisotopic (exact) mass is 1350 g/mol. The molecule has 0 rings (SSSR count). The maximum atomic E-state index is 13.1. The summed E-state index contributed by atoms with van der Waals surface area (Å²) in [5.41, 5.74) is 0. The number of hydrogen-bond donors (Lipinski definition) is 3. The van der Waals surface area contributed by atoms with Crippen molar-refractivity contribution >= 4 is 39.5 Å². The van der Waals surface area contributed by atoms with E-state index in [1.807, 2.05) is 0 Å². The van der Waals surface area contributed by atoms with E-state index in [1.54, 1.807) is 0 Å². The zero-order valence-corrected chi connectivity index (χ0v) is 61.5. The molecular weight excluding hydrogens is 1210 g/mol. The van der Waals surface area contributed by atoms with Crippen molar-refractivity contribution in [2.75, 3.05) is 39.6 Å². The molecule has 2 unspecified atom stereocenters. The lowest BCUT2D eigenvalue weighted by Gasteiger charge is -2.21. The fraction of sp³-hybridized carbons (Fsp3) is 0.945. The number of aliphatic hydroxyl groups is 1. The van der Waals surface area contributed by atoms with E-state index in [1.165, 1.54) is 186 Å². The van der Waals surface area contributed by atoms with E-state index in [2.05, 4.69) is 34.6 Å². The first-order valence-corrected chi connectivity index (χ1v) is 41.1. The molecule has 0 heterocycles. The fourth-order valence-corrected chi connectivity index (χ4v) is 12.8. The predicted octanol–water partition coefficient (Wildman–Crippen LogP) is 21.3. The molecule has 546 valence electrons. The number of rotatable bonds is 73. The number of ether oxygens (including phenoxy) is 4. The number of esters is 4. The third-order valence-electron chi connectivity index (χ3n) is 17.0. The van der Waals surface area contributed by atoms with Crippen LogP contribution in [0.1, 0.15) is 381 Å². The highest BCUT2D eigenvalue weighted by atomic mass is 31.2. The van der Waals surface area contributed by atoms with Crippen LogP contribution in [0.5, 0.6) is 0 Å². The topological polar surface area (TPSA) is 237 Å². The Morgan fingerprint density at radius 3 is 0.739 bits per heavy atom. The van der Waals surface area contributed by atoms with Crippen LogP contribution >= 0.6 is 15.6 Å². The van der Waals surface area contributed by atoms with E-state index in [4.69, 9.17) is 37.0 Å². The second-order valence-corrected chi connectivity index (χ2v) is 29.7. The first kappa shape index (κ1) is 90.1. The van der Waals surface area contributed by atoms with Crippen LogP contribution in [0.25, 0.3) is 0 Å². The van der Waals surface area contributed by atoms with Gasteiger partial charge in [0.25, 0.3) is 0 Å². The van der Waals surface area contributed by atoms with Crippen molar-refractivity contribution in [2.24, 2.45) is 5.92 Å². The first-order chi connectivity index (χ1) is 44.5. The number of hydrogen-bond acceptors (Lipinski definition) is 15. The van der Waals surface area contributed by atoms with Gasteiger partial charge in [0.1, 0.15) is 19.3 Å². The molecule has 0 spiro atoms. The summed E-state index contributed by atoms with van der Waals surface area (Å²) in [6.07, 6.45) is 55.0. The Bertz CT molecular complexity index is 1770. The number of phosphoric acid groups is 2. The third-order valence-corrected chi connectivity index (χ3v) is 18.9. The van der Waals surface area contributed by atoms with E-state index < -0.39 is 97.5 Å². The highest BCUT2D eigenvalue weighted by Gasteiger charge is 2.30. The van der Waals surface area contributed by atoms with Crippen LogP contribution < -0.4 is 0 Å². The minimum absolute atomic E-state index is 0.103. The summed E-state index contributed by atoms with van der Waals surface area (Å²) in [5, 5.41) is 10.5. The molecule has 0 saturated heterocycles. The van der Waals surface area contributed by atoms with E-state index in [0.717, 1.165) is 115 Å². The molecule has 0 aliphatic heterocycles. The summed E-state index contributed by atoms with van der Waals surface area (Å²) in [7, 11) is -9.88. The van der Waals surface area contributed by atoms with Crippen molar-refractivity contribution in [3.05, 3.63) is 0 Å². The molecule has 0 aromatic carbocycles. The molecule has 19 heteroatoms. The number of carbonyl (C=O) groups is 4. The molecule has 0 radical (unpaired) electrons. The van der Waals surface area contributed by atoms with Gasteiger partial charge in [-0.1, -0.05) is 330 Å². The zero-order valence-electron chi connectivity index (χ0n) is 59.7. The molecular formula is C73H142O17P2. The van der Waals surface area contributed by atoms with Gasteiger partial charge in [0.05, 0.1) is 26.4 Å². The Morgan fingerprint density at radius 1 is 0.293 bits per heavy atom. The summed E-state index contributed by atoms with van der Waals surface area (Å²) in [6.45, 7) is 7.15. The molecule has 3 N–H and O–H groups in total. The summed E-state index contributed by atoms with van der Waals surface area (Å²) >= 11 is 0. The maximum Gasteiger partial charge on any atom is 0.472 e. The highest BCUT2D eigenvalue weighted by Crippen LogP contribution is 2.45. The van der Waals surface area contributed by atoms with Crippen LogP contribution in [0.4, 0.5) is 0 Å². The Labute approximate surface area is 562 Å². The average Bonchev–Trinajstić information content (AvgIpc) is 2.71. The predicted molar refractivity (Wildman–Crippen MR) is 372 cm³/mol. The molecule has 0 aromatic rings. The van der Waals surface area contributed by atoms with Gasteiger partial charge in [-0.25, -0.2) is 9.13 Å². The van der Waals surface area contributed by atoms with Crippen molar-refractivity contribution in [2.45, 2.75) is 400 Å². The Balaban J connectivity index is 5.06. The second-order valence-electron chi connectivity index (χ2n) is 26.8. The molecule has 0 fully saturated rings. The summed E-state index contributed by atoms with van der Waals surface area (Å²) in [6, 6.07) is 0. The molecule has 0 amide bonds. The normalized spacial score (nSPS) is 14.0. The van der Waals surface area contributed by atoms with Gasteiger partial charge in [-0.3, -0.25) is 37.3 Å². The van der Waals surface area contributed by atoms with Gasteiger partial charge in [0.15, 0.2) is 12.2 Å². The van der Waals surface area contributed by atoms with E-state index >= 15 is 0 Å². The van der Waals surface area contributed by atoms with Crippen molar-refractivity contribution in [1.29, 1.82) is 0 Å². The van der Waals surface area contributed by atoms with E-state index in [-0.39, 0.29) is 25.7 Å². The van der Waals surface area contributed by atoms with Gasteiger partial charge >= 0.3 is 39.5 Å². The Hall–Kier alpha value is -1.94. The smallest absolute Gasteiger partial charge is 0.462 e. The van der Waals surface area contributed by atoms with Crippen molar-refractivity contribution in [1.82, 2.24) is 0 Å². The summed E-state index contributed by atoms with van der Waals surface area (Å²) in [5.74, 6) is -1.33. The van der Waals surface area contributed by atoms with Crippen LogP contribution in [-0.4, -0.2) is 96.7 Å². The van der Waals surface area contributed by atoms with Crippen LogP contribution in [-0.2, 0) is 65.4 Å². The van der Waals surface area contributed by atoms with Gasteiger partial charge < -0.3 is 33.8 Å². The average molecular weight is 1350 g/mol. The maximum absolute atomic E-state index is 13.1. The number of aliphatic hydroxyl groups excluding tert-OH is 1. The minimum Gasteiger partial charge on any atom is -0.462 e. The number of unbranched alkanes of at least 4 members (excludes halogenated alkanes) is 45. The number of carbonyl (C=O) groups excluding carboxylic acids is 4. The van der Waals surface area contributed by atoms with Gasteiger partial charge in [-0.05, 0) is 31.6 Å². The lowest BCUT2D eigenvalue weighted by molar-refractivity contribution is -0.161. The quantitative estimate of drug-likeness (QED) is 0.0222. The molecule has 0 aliphatic rings. The standard InChI is InChI=1S/C73H142O17P2/c1-6-9-12-15-17-18-19-20-21-22-23-24-25-26-27-30-34-37-40-44-49-54-59-73(78)90-69(63-84-71(76)57-52-47-43-39-36-33-31-28-29-32-35-38-42-46-50-55-66(4)5)65-88-92(81,82)86-61-67(74)60-85-91(79,80)87-64-68(62-83-70(75)56-51-45-14-11-8-3)89-72(77)58-53-48-41-16-13-10-7-2/h66-69,74H,6-65H2,1-5H3,(H,79,80)(H,81,82)/t67-,68+,69+/m0/s1. The molecule has 92 heavy (non-hydrogen) atoms. The molecule has 0 aromatic heterocycles. The first-order valence-electron chi connectivity index (χ1n) is 38.1. The van der Waals surface area contributed by atoms with E-state index in [9.17, 15) is 43.2 Å². The summed E-state index contributed by atoms with van der Waals surface area (Å²) < 4.78 is 68.0. The van der Waals surface area contributed by atoms with E-state index in [0.29, 0.717) is 25.7 Å². The minimum atomic E-state index is -4.95. The van der Waals surface area contributed by atoms with Gasteiger partial charge in [0, 0.05) is 25.7 Å². The molecule has 17 nitrogen and oxygen atoms in total. The van der Waals surface area contributed by atoms with Crippen molar-refractivity contribution < 1.29 is 80.2 Å². The van der Waals surface area contributed by atoms with Crippen LogP contribution in [0.3, 0.4) is 0 Å². The van der Waals surface area contributed by atoms with Crippen molar-refractivity contribution in [3.63, 3.8) is 0 Å². The third kappa shape index (κ3) is 66.7. The molecule has 0 bridgehead atoms. The largest absolute Gasteiger partial charge is 0.472 e. The van der Waals surface area contributed by atoms with Gasteiger partial charge in [-0.15, -0.1) is 0 Å². The molecule has 0 saturated carbocycles. The van der Waals surface area contributed by atoms with Crippen LogP contribution in [0.2, 0.25) is 0 Å². The van der Waals surface area contributed by atoms with Gasteiger partial charge in [0.2, 0.25) is 0 Å².